The number of aliphatic imine (C=N–C) groups is 1. The summed E-state index contributed by atoms with van der Waals surface area (Å²) < 4.78 is 5.31. The standard InChI is InChI=1S/C18H22N4OS/c1-13-12-24-18(21-13)15(9-19)10-20-11-17(22(2)3)14-6-5-7-16(8-14)23-4/h5-8,10,12,15,17H,11H2,1-4H3/p+1/t15-,17-/m1/s1. The van der Waals surface area contributed by atoms with Crippen molar-refractivity contribution < 1.29 is 9.64 Å². The van der Waals surface area contributed by atoms with Crippen molar-refractivity contribution >= 4 is 17.6 Å². The minimum Gasteiger partial charge on any atom is -0.497 e. The lowest BCUT2D eigenvalue weighted by Crippen LogP contribution is -3.06. The lowest BCUT2D eigenvalue weighted by Gasteiger charge is -2.20. The number of quaternary nitrogens is 1. The van der Waals surface area contributed by atoms with Gasteiger partial charge in [-0.2, -0.15) is 5.26 Å². The fraction of sp³-hybridized carbons (Fsp3) is 0.389. The Morgan fingerprint density at radius 3 is 2.83 bits per heavy atom. The Labute approximate surface area is 147 Å². The van der Waals surface area contributed by atoms with Crippen molar-refractivity contribution in [2.75, 3.05) is 27.7 Å². The van der Waals surface area contributed by atoms with Crippen molar-refractivity contribution in [2.45, 2.75) is 18.9 Å². The fourth-order valence-electron chi connectivity index (χ4n) is 2.42. The van der Waals surface area contributed by atoms with Gasteiger partial charge in [0.15, 0.2) is 0 Å². The molecule has 0 aliphatic carbocycles. The molecular weight excluding hydrogens is 320 g/mol. The number of thiazole rings is 1. The number of nitrogens with one attached hydrogen (secondary N) is 1. The van der Waals surface area contributed by atoms with E-state index in [4.69, 9.17) is 4.74 Å². The number of rotatable bonds is 7. The van der Waals surface area contributed by atoms with Crippen LogP contribution in [-0.4, -0.2) is 38.9 Å². The van der Waals surface area contributed by atoms with Crippen LogP contribution in [0.1, 0.15) is 28.2 Å². The Hall–Kier alpha value is -2.23. The minimum atomic E-state index is -0.383. The summed E-state index contributed by atoms with van der Waals surface area (Å²) >= 11 is 1.50. The molecule has 1 aromatic heterocycles. The average molecular weight is 343 g/mol. The molecule has 6 heteroatoms. The van der Waals surface area contributed by atoms with E-state index in [1.807, 2.05) is 30.5 Å². The van der Waals surface area contributed by atoms with E-state index >= 15 is 0 Å². The number of nitrogens with zero attached hydrogens (tertiary/aromatic N) is 3. The van der Waals surface area contributed by atoms with E-state index < -0.39 is 0 Å². The highest BCUT2D eigenvalue weighted by Gasteiger charge is 2.18. The average Bonchev–Trinajstić information content (AvgIpc) is 3.01. The van der Waals surface area contributed by atoms with Gasteiger partial charge in [0, 0.05) is 22.9 Å². The highest BCUT2D eigenvalue weighted by atomic mass is 32.1. The molecule has 0 amide bonds. The summed E-state index contributed by atoms with van der Waals surface area (Å²) in [6, 6.07) is 10.5. The molecule has 0 saturated heterocycles. The Kier molecular flexibility index (Phi) is 6.47. The van der Waals surface area contributed by atoms with E-state index in [9.17, 15) is 5.26 Å². The van der Waals surface area contributed by atoms with E-state index in [1.165, 1.54) is 21.8 Å². The molecule has 0 fully saturated rings. The molecule has 1 N–H and O–H groups in total. The fourth-order valence-corrected chi connectivity index (χ4v) is 3.22. The molecule has 0 aliphatic rings. The maximum absolute atomic E-state index is 9.35. The second kappa shape index (κ2) is 8.57. The predicted molar refractivity (Wildman–Crippen MR) is 97.1 cm³/mol. The number of hydrogen-bond donors (Lipinski definition) is 1. The van der Waals surface area contributed by atoms with Gasteiger partial charge in [0.1, 0.15) is 22.7 Å². The van der Waals surface area contributed by atoms with Gasteiger partial charge in [-0.15, -0.1) is 11.3 Å². The molecule has 24 heavy (non-hydrogen) atoms. The molecular formula is C18H23N4OS+. The topological polar surface area (TPSA) is 62.7 Å². The number of aryl methyl sites for hydroxylation is 1. The second-order valence-corrected chi connectivity index (χ2v) is 6.74. The zero-order chi connectivity index (χ0) is 17.5. The van der Waals surface area contributed by atoms with Crippen LogP contribution in [0.3, 0.4) is 0 Å². The summed E-state index contributed by atoms with van der Waals surface area (Å²) in [7, 11) is 5.87. The van der Waals surface area contributed by atoms with Crippen LogP contribution < -0.4 is 9.64 Å². The first kappa shape index (κ1) is 18.1. The molecule has 0 bridgehead atoms. The number of aromatic nitrogens is 1. The number of methoxy groups -OCH3 is 1. The van der Waals surface area contributed by atoms with E-state index in [1.54, 1.807) is 13.3 Å². The monoisotopic (exact) mass is 343 g/mol. The van der Waals surface area contributed by atoms with Gasteiger partial charge in [0.25, 0.3) is 0 Å². The zero-order valence-electron chi connectivity index (χ0n) is 14.5. The van der Waals surface area contributed by atoms with Crippen LogP contribution in [0.5, 0.6) is 5.75 Å². The molecule has 1 aromatic carbocycles. The number of hydrogen-bond acceptors (Lipinski definition) is 5. The van der Waals surface area contributed by atoms with E-state index in [-0.39, 0.29) is 12.0 Å². The largest absolute Gasteiger partial charge is 0.497 e. The number of nitriles is 1. The van der Waals surface area contributed by atoms with Crippen molar-refractivity contribution in [3.8, 4) is 11.8 Å². The molecule has 0 aliphatic heterocycles. The van der Waals surface area contributed by atoms with Crippen molar-refractivity contribution in [1.82, 2.24) is 4.98 Å². The minimum absolute atomic E-state index is 0.203. The van der Waals surface area contributed by atoms with Crippen molar-refractivity contribution in [3.05, 3.63) is 45.9 Å². The molecule has 0 unspecified atom stereocenters. The number of ether oxygens (including phenoxy) is 1. The third-order valence-electron chi connectivity index (χ3n) is 3.78. The summed E-state index contributed by atoms with van der Waals surface area (Å²) in [6.45, 7) is 2.54. The quantitative estimate of drug-likeness (QED) is 0.783. The van der Waals surface area contributed by atoms with Crippen LogP contribution in [0.25, 0.3) is 0 Å². The summed E-state index contributed by atoms with van der Waals surface area (Å²) in [6.07, 6.45) is 1.72. The molecule has 0 spiro atoms. The first-order valence-electron chi connectivity index (χ1n) is 7.80. The molecule has 5 nitrogen and oxygen atoms in total. The smallest absolute Gasteiger partial charge is 0.133 e. The SMILES string of the molecule is COc1cccc([C@@H](CN=C[C@@H](C#N)c2nc(C)cs2)[NH+](C)C)c1. The highest BCUT2D eigenvalue weighted by molar-refractivity contribution is 7.09. The summed E-state index contributed by atoms with van der Waals surface area (Å²) in [5, 5.41) is 12.1. The van der Waals surface area contributed by atoms with Gasteiger partial charge in [-0.05, 0) is 19.1 Å². The predicted octanol–water partition coefficient (Wildman–Crippen LogP) is 2.02. The third kappa shape index (κ3) is 4.63. The molecule has 2 atom stereocenters. The first-order valence-corrected chi connectivity index (χ1v) is 8.68. The Balaban J connectivity index is 2.12. The second-order valence-electron chi connectivity index (χ2n) is 5.85. The van der Waals surface area contributed by atoms with Crippen molar-refractivity contribution in [1.29, 1.82) is 5.26 Å². The molecule has 2 rings (SSSR count). The van der Waals surface area contributed by atoms with E-state index in [2.05, 4.69) is 36.2 Å². The normalized spacial score (nSPS) is 13.8. The zero-order valence-corrected chi connectivity index (χ0v) is 15.3. The van der Waals surface area contributed by atoms with Gasteiger partial charge >= 0.3 is 0 Å². The number of likely N-dealkylation sites (N-methyl/N-ethyl adjacent to an activating group) is 1. The van der Waals surface area contributed by atoms with Gasteiger partial charge in [0.2, 0.25) is 0 Å². The molecule has 0 radical (unpaired) electrons. The first-order chi connectivity index (χ1) is 11.5. The highest BCUT2D eigenvalue weighted by Crippen LogP contribution is 2.20. The van der Waals surface area contributed by atoms with Crippen LogP contribution >= 0.6 is 11.3 Å². The van der Waals surface area contributed by atoms with Crippen molar-refractivity contribution in [3.63, 3.8) is 0 Å². The van der Waals surface area contributed by atoms with Gasteiger partial charge < -0.3 is 9.64 Å². The van der Waals surface area contributed by atoms with Gasteiger partial charge in [-0.25, -0.2) is 4.98 Å². The number of benzene rings is 1. The van der Waals surface area contributed by atoms with Gasteiger partial charge in [-0.1, -0.05) is 12.1 Å². The van der Waals surface area contributed by atoms with Crippen molar-refractivity contribution in [2.24, 2.45) is 4.99 Å². The Bertz CT molecular complexity index is 733. The summed E-state index contributed by atoms with van der Waals surface area (Å²) in [4.78, 5) is 10.2. The van der Waals surface area contributed by atoms with Crippen LogP contribution in [0.15, 0.2) is 34.6 Å². The maximum Gasteiger partial charge on any atom is 0.133 e. The lowest BCUT2D eigenvalue weighted by molar-refractivity contribution is -0.890. The van der Waals surface area contributed by atoms with E-state index in [0.717, 1.165) is 16.5 Å². The van der Waals surface area contributed by atoms with Crippen LogP contribution in [-0.2, 0) is 0 Å². The maximum atomic E-state index is 9.35. The molecule has 126 valence electrons. The van der Waals surface area contributed by atoms with Crippen LogP contribution in [0, 0.1) is 18.3 Å². The van der Waals surface area contributed by atoms with Gasteiger partial charge in [0.05, 0.1) is 33.8 Å². The van der Waals surface area contributed by atoms with Crippen LogP contribution in [0.4, 0.5) is 0 Å². The third-order valence-corrected chi connectivity index (χ3v) is 4.82. The molecule has 2 aromatic rings. The Morgan fingerprint density at radius 2 is 2.25 bits per heavy atom. The molecule has 0 saturated carbocycles. The summed E-state index contributed by atoms with van der Waals surface area (Å²) in [5.41, 5.74) is 2.11. The van der Waals surface area contributed by atoms with E-state index in [0.29, 0.717) is 6.54 Å². The molecule has 1 heterocycles. The summed E-state index contributed by atoms with van der Waals surface area (Å²) in [5.74, 6) is 0.461. The van der Waals surface area contributed by atoms with Crippen LogP contribution in [0.2, 0.25) is 0 Å². The van der Waals surface area contributed by atoms with Gasteiger partial charge in [-0.3, -0.25) is 4.99 Å². The lowest BCUT2D eigenvalue weighted by atomic mass is 10.1. The Morgan fingerprint density at radius 1 is 1.46 bits per heavy atom.